The number of aliphatic hydroxyl groups is 6. The van der Waals surface area contributed by atoms with Gasteiger partial charge in [-0.25, -0.2) is 9.59 Å². The first-order valence-corrected chi connectivity index (χ1v) is 20.9. The number of allylic oxidation sites excluding steroid dienone is 8. The molecule has 3 heterocycles. The molecule has 2 fully saturated rings. The number of unbranched alkanes of at least 4 members (excludes halogenated alkanes) is 6. The molecule has 0 aromatic heterocycles. The minimum absolute atomic E-state index is 0.107. The van der Waals surface area contributed by atoms with E-state index in [2.05, 4.69) is 13.8 Å². The average molecular weight is 859 g/mol. The highest BCUT2D eigenvalue weighted by Crippen LogP contribution is 2.51. The van der Waals surface area contributed by atoms with Gasteiger partial charge in [0.1, 0.15) is 54.7 Å². The minimum Gasteiger partial charge on any atom is -0.508 e. The molecule has 0 aliphatic carbocycles. The van der Waals surface area contributed by atoms with Crippen LogP contribution in [0, 0.1) is 0 Å². The van der Waals surface area contributed by atoms with Crippen LogP contribution in [-0.2, 0) is 50.4 Å². The fourth-order valence-electron chi connectivity index (χ4n) is 7.09. The molecule has 16 heteroatoms. The van der Waals surface area contributed by atoms with Crippen LogP contribution in [0.25, 0.3) is 0 Å². The zero-order valence-corrected chi connectivity index (χ0v) is 34.7. The summed E-state index contributed by atoms with van der Waals surface area (Å²) < 4.78 is 34.7. The molecule has 3 aliphatic heterocycles. The van der Waals surface area contributed by atoms with Crippen molar-refractivity contribution in [2.75, 3.05) is 13.2 Å². The first-order valence-electron chi connectivity index (χ1n) is 20.9. The van der Waals surface area contributed by atoms with Crippen molar-refractivity contribution in [2.24, 2.45) is 0 Å². The van der Waals surface area contributed by atoms with Crippen molar-refractivity contribution in [1.82, 2.24) is 0 Å². The standard InChI is InChI=1S/C45H62O16/c1-3-5-7-9-11-13-16-20-30(47)21-17-15-19-23-36(51)59-42-41(33(26-46)61-45(43(42)55)37-29(27-57-45)24-31(48)25-32(37)49)60-44-40(54)39(53)38(52)34(58-44)28-56-35(50)22-18-14-12-10-8-6-4-2/h11-20,22-25,30,33-34,38-44,46-49,52-55H,3-10,21,26-28H2,1-2H3/t30-,33+,34+,38-,39-,40+,41+,42-,43+,44-,45-/m0/s1. The van der Waals surface area contributed by atoms with Crippen molar-refractivity contribution >= 4 is 11.9 Å². The van der Waals surface area contributed by atoms with Crippen molar-refractivity contribution in [1.29, 1.82) is 0 Å². The van der Waals surface area contributed by atoms with Gasteiger partial charge in [0.2, 0.25) is 5.79 Å². The van der Waals surface area contributed by atoms with E-state index in [-0.39, 0.29) is 29.9 Å². The molecule has 16 nitrogen and oxygen atoms in total. The third-order valence-electron chi connectivity index (χ3n) is 10.3. The Bertz CT molecular complexity index is 1720. The summed E-state index contributed by atoms with van der Waals surface area (Å²) in [6.07, 6.45) is 11.0. The molecule has 0 bridgehead atoms. The lowest BCUT2D eigenvalue weighted by molar-refractivity contribution is -0.395. The molecule has 2 saturated heterocycles. The van der Waals surface area contributed by atoms with Gasteiger partial charge in [0.05, 0.1) is 24.9 Å². The predicted octanol–water partition coefficient (Wildman–Crippen LogP) is 3.43. The zero-order chi connectivity index (χ0) is 44.4. The Kier molecular flexibility index (Phi) is 20.3. The highest BCUT2D eigenvalue weighted by molar-refractivity contribution is 5.82. The van der Waals surface area contributed by atoms with Crippen LogP contribution in [0.2, 0.25) is 0 Å². The monoisotopic (exact) mass is 858 g/mol. The van der Waals surface area contributed by atoms with Gasteiger partial charge < -0.3 is 69.3 Å². The Morgan fingerprint density at radius 3 is 2.15 bits per heavy atom. The molecule has 8 N–H and O–H groups in total. The van der Waals surface area contributed by atoms with Crippen LogP contribution in [0.15, 0.2) is 85.0 Å². The van der Waals surface area contributed by atoms with Crippen molar-refractivity contribution < 1.29 is 78.9 Å². The number of fused-ring (bicyclic) bond motifs is 2. The number of aromatic hydroxyl groups is 2. The smallest absolute Gasteiger partial charge is 0.331 e. The van der Waals surface area contributed by atoms with Crippen LogP contribution < -0.4 is 0 Å². The van der Waals surface area contributed by atoms with Gasteiger partial charge in [-0.05, 0) is 43.7 Å². The molecule has 1 spiro atoms. The lowest BCUT2D eigenvalue weighted by Gasteiger charge is -2.50. The summed E-state index contributed by atoms with van der Waals surface area (Å²) in [5.41, 5.74) is 0.116. The van der Waals surface area contributed by atoms with Crippen molar-refractivity contribution in [2.45, 2.75) is 145 Å². The number of carbonyl (C=O) groups excluding carboxylic acids is 2. The number of hydrogen-bond acceptors (Lipinski definition) is 16. The first kappa shape index (κ1) is 49.5. The number of rotatable bonds is 22. The number of hydrogen-bond donors (Lipinski definition) is 8. The molecule has 61 heavy (non-hydrogen) atoms. The molecular weight excluding hydrogens is 796 g/mol. The van der Waals surface area contributed by atoms with E-state index in [1.807, 2.05) is 18.2 Å². The van der Waals surface area contributed by atoms with Crippen LogP contribution in [0.3, 0.4) is 0 Å². The molecule has 0 saturated carbocycles. The Morgan fingerprint density at radius 1 is 0.820 bits per heavy atom. The molecule has 3 aliphatic rings. The van der Waals surface area contributed by atoms with Gasteiger partial charge in [-0.3, -0.25) is 0 Å². The highest BCUT2D eigenvalue weighted by atomic mass is 16.8. The number of phenols is 2. The third kappa shape index (κ3) is 13.9. The Hall–Kier alpha value is -4.20. The lowest BCUT2D eigenvalue weighted by atomic mass is 9.86. The summed E-state index contributed by atoms with van der Waals surface area (Å²) in [7, 11) is 0. The molecular formula is C45H62O16. The maximum atomic E-state index is 13.3. The van der Waals surface area contributed by atoms with Gasteiger partial charge in [-0.15, -0.1) is 0 Å². The SMILES string of the molecule is CCCCCC=CC=CC(=O)OC[C@H]1O[C@@H](O[C@H]2[C@H](OC(=O)C=CC=CC[C@@H](O)C=CC=CCCCCC)[C@@H](O)[C@@]3(OCc4cc(O)cc(O)c43)O[C@@H]2CO)[C@H](O)[C@@H](O)[C@H]1O. The largest absolute Gasteiger partial charge is 0.508 e. The summed E-state index contributed by atoms with van der Waals surface area (Å²) >= 11 is 0. The van der Waals surface area contributed by atoms with E-state index in [0.29, 0.717) is 0 Å². The number of carbonyl (C=O) groups is 2. The average Bonchev–Trinajstić information content (AvgIpc) is 3.60. The minimum atomic E-state index is -2.26. The fourth-order valence-corrected chi connectivity index (χ4v) is 7.09. The Morgan fingerprint density at radius 2 is 1.48 bits per heavy atom. The number of benzene rings is 1. The van der Waals surface area contributed by atoms with Gasteiger partial charge in [0, 0.05) is 18.2 Å². The third-order valence-corrected chi connectivity index (χ3v) is 10.3. The summed E-state index contributed by atoms with van der Waals surface area (Å²) in [5.74, 6) is -4.90. The lowest BCUT2D eigenvalue weighted by Crippen LogP contribution is -2.67. The van der Waals surface area contributed by atoms with Gasteiger partial charge in [-0.2, -0.15) is 0 Å². The zero-order valence-electron chi connectivity index (χ0n) is 34.7. The highest BCUT2D eigenvalue weighted by Gasteiger charge is 2.63. The van der Waals surface area contributed by atoms with Crippen LogP contribution >= 0.6 is 0 Å². The van der Waals surface area contributed by atoms with Crippen LogP contribution in [0.5, 0.6) is 11.5 Å². The number of phenolic OH excluding ortho intramolecular Hbond substituents is 2. The van der Waals surface area contributed by atoms with Gasteiger partial charge in [0.15, 0.2) is 18.5 Å². The molecule has 0 amide bonds. The summed E-state index contributed by atoms with van der Waals surface area (Å²) in [6.45, 7) is 2.50. The van der Waals surface area contributed by atoms with Gasteiger partial charge in [0.25, 0.3) is 0 Å². The summed E-state index contributed by atoms with van der Waals surface area (Å²) in [6, 6.07) is 2.26. The molecule has 0 radical (unpaired) electrons. The number of aliphatic hydroxyl groups excluding tert-OH is 6. The molecule has 1 aromatic rings. The van der Waals surface area contributed by atoms with E-state index in [0.717, 1.165) is 69.6 Å². The van der Waals surface area contributed by atoms with Crippen molar-refractivity contribution in [3.63, 3.8) is 0 Å². The molecule has 0 unspecified atom stereocenters. The van der Waals surface area contributed by atoms with E-state index in [1.165, 1.54) is 24.3 Å². The second-order valence-corrected chi connectivity index (χ2v) is 15.1. The quantitative estimate of drug-likeness (QED) is 0.0360. The molecule has 1 aromatic carbocycles. The number of ether oxygens (including phenoxy) is 6. The topological polar surface area (TPSA) is 251 Å². The Labute approximate surface area is 356 Å². The second kappa shape index (κ2) is 25.0. The van der Waals surface area contributed by atoms with E-state index in [1.54, 1.807) is 24.3 Å². The maximum absolute atomic E-state index is 13.3. The molecule has 4 rings (SSSR count). The number of esters is 2. The van der Waals surface area contributed by atoms with Gasteiger partial charge in [-0.1, -0.05) is 100 Å². The summed E-state index contributed by atoms with van der Waals surface area (Å²) in [4.78, 5) is 25.7. The normalized spacial score (nSPS) is 29.9. The van der Waals surface area contributed by atoms with Crippen LogP contribution in [-0.4, -0.2) is 127 Å². The predicted molar refractivity (Wildman–Crippen MR) is 220 cm³/mol. The molecule has 11 atom stereocenters. The first-order chi connectivity index (χ1) is 29.4. The second-order valence-electron chi connectivity index (χ2n) is 15.1. The van der Waals surface area contributed by atoms with Gasteiger partial charge >= 0.3 is 11.9 Å². The Balaban J connectivity index is 1.50. The van der Waals surface area contributed by atoms with Crippen molar-refractivity contribution in [3.05, 3.63) is 96.2 Å². The van der Waals surface area contributed by atoms with E-state index >= 15 is 0 Å². The van der Waals surface area contributed by atoms with E-state index in [9.17, 15) is 50.4 Å². The maximum Gasteiger partial charge on any atom is 0.331 e. The van der Waals surface area contributed by atoms with Crippen LogP contribution in [0.4, 0.5) is 0 Å². The van der Waals surface area contributed by atoms with Crippen molar-refractivity contribution in [3.8, 4) is 11.5 Å². The summed E-state index contributed by atoms with van der Waals surface area (Å²) in [5, 5.41) is 86.2. The molecule has 338 valence electrons. The van der Waals surface area contributed by atoms with E-state index in [4.69, 9.17) is 28.4 Å². The fraction of sp³-hybridized carbons (Fsp3) is 0.556. The van der Waals surface area contributed by atoms with E-state index < -0.39 is 97.9 Å². The van der Waals surface area contributed by atoms with Crippen LogP contribution in [0.1, 0.15) is 82.8 Å².